The summed E-state index contributed by atoms with van der Waals surface area (Å²) < 4.78 is 6.40. The second-order valence-electron chi connectivity index (χ2n) is 11.0. The lowest BCUT2D eigenvalue weighted by Gasteiger charge is -2.13. The Balaban J connectivity index is 1.46. The van der Waals surface area contributed by atoms with Crippen molar-refractivity contribution in [2.45, 2.75) is 0 Å². The van der Waals surface area contributed by atoms with Crippen LogP contribution in [0.25, 0.3) is 84.6 Å². The van der Waals surface area contributed by atoms with Crippen LogP contribution in [0.4, 0.5) is 0 Å². The van der Waals surface area contributed by atoms with E-state index >= 15 is 0 Å². The molecule has 0 atom stereocenters. The number of fused-ring (bicyclic) bond motifs is 8. The third kappa shape index (κ3) is 3.53. The minimum absolute atomic E-state index is 0.522. The van der Waals surface area contributed by atoms with Crippen LogP contribution in [0.15, 0.2) is 134 Å². The predicted molar refractivity (Wildman–Crippen MR) is 185 cm³/mol. The summed E-state index contributed by atoms with van der Waals surface area (Å²) in [6.45, 7) is 8.44. The Bertz CT molecular complexity index is 2620. The molecule has 0 N–H and O–H groups in total. The van der Waals surface area contributed by atoms with Gasteiger partial charge in [-0.1, -0.05) is 110 Å². The summed E-state index contributed by atoms with van der Waals surface area (Å²) in [6, 6.07) is 41.7. The highest BCUT2D eigenvalue weighted by Gasteiger charge is 2.26. The van der Waals surface area contributed by atoms with E-state index in [4.69, 9.17) is 15.0 Å². The van der Waals surface area contributed by atoms with Crippen molar-refractivity contribution in [3.05, 3.63) is 146 Å². The second kappa shape index (κ2) is 9.62. The van der Waals surface area contributed by atoms with Crippen LogP contribution in [0.1, 0.15) is 11.4 Å². The minimum Gasteiger partial charge on any atom is -0.292 e. The van der Waals surface area contributed by atoms with E-state index in [1.54, 1.807) is 0 Å². The molecule has 0 saturated heterocycles. The van der Waals surface area contributed by atoms with Crippen LogP contribution in [0, 0.1) is 0 Å². The summed E-state index contributed by atoms with van der Waals surface area (Å²) in [5.74, 6) is 1.22. The van der Waals surface area contributed by atoms with Gasteiger partial charge in [-0.05, 0) is 41.8 Å². The van der Waals surface area contributed by atoms with E-state index in [0.29, 0.717) is 11.7 Å². The van der Waals surface area contributed by atoms with Crippen molar-refractivity contribution < 1.29 is 0 Å². The Morgan fingerprint density at radius 1 is 0.556 bits per heavy atom. The van der Waals surface area contributed by atoms with E-state index in [0.717, 1.165) is 72.1 Å². The summed E-state index contributed by atoms with van der Waals surface area (Å²) in [5, 5.41) is 4.27. The first-order chi connectivity index (χ1) is 22.3. The molecule has 212 valence electrons. The molecule has 0 radical (unpaired) electrons. The molecule has 6 nitrogen and oxygen atoms in total. The van der Waals surface area contributed by atoms with Crippen molar-refractivity contribution in [3.8, 4) is 22.9 Å². The van der Waals surface area contributed by atoms with Crippen LogP contribution in [0.2, 0.25) is 0 Å². The fraction of sp³-hybridized carbons (Fsp3) is 0. The molecule has 0 spiro atoms. The number of para-hydroxylation sites is 2. The van der Waals surface area contributed by atoms with Crippen LogP contribution >= 0.6 is 0 Å². The van der Waals surface area contributed by atoms with Gasteiger partial charge in [-0.3, -0.25) is 8.97 Å². The number of aromatic nitrogens is 6. The van der Waals surface area contributed by atoms with Gasteiger partial charge in [-0.15, -0.1) is 0 Å². The molecule has 0 saturated carbocycles. The van der Waals surface area contributed by atoms with E-state index in [9.17, 15) is 0 Å². The molecule has 9 aromatic rings. The lowest BCUT2D eigenvalue weighted by molar-refractivity contribution is 0.953. The Morgan fingerprint density at radius 3 is 2.02 bits per heavy atom. The highest BCUT2D eigenvalue weighted by atomic mass is 15.3. The van der Waals surface area contributed by atoms with Gasteiger partial charge in [0.1, 0.15) is 5.52 Å². The average Bonchev–Trinajstić information content (AvgIpc) is 3.73. The number of rotatable bonds is 5. The molecule has 5 aromatic carbocycles. The first kappa shape index (κ1) is 25.2. The van der Waals surface area contributed by atoms with Gasteiger partial charge in [-0.25, -0.2) is 14.5 Å². The van der Waals surface area contributed by atoms with E-state index in [1.165, 1.54) is 0 Å². The number of nitrogens with zero attached hydrogens (tertiary/aromatic N) is 6. The van der Waals surface area contributed by atoms with Gasteiger partial charge >= 0.3 is 0 Å². The molecule has 0 aliphatic rings. The third-order valence-electron chi connectivity index (χ3n) is 8.63. The van der Waals surface area contributed by atoms with Gasteiger partial charge in [0.05, 0.1) is 28.1 Å². The molecule has 4 aromatic heterocycles. The van der Waals surface area contributed by atoms with Gasteiger partial charge in [0, 0.05) is 27.4 Å². The fourth-order valence-corrected chi connectivity index (χ4v) is 6.69. The summed E-state index contributed by atoms with van der Waals surface area (Å²) in [4.78, 5) is 15.9. The van der Waals surface area contributed by atoms with Crippen LogP contribution in [-0.2, 0) is 0 Å². The van der Waals surface area contributed by atoms with Gasteiger partial charge < -0.3 is 0 Å². The van der Waals surface area contributed by atoms with Crippen molar-refractivity contribution in [3.63, 3.8) is 0 Å². The predicted octanol–water partition coefficient (Wildman–Crippen LogP) is 9.27. The van der Waals surface area contributed by atoms with Crippen LogP contribution < -0.4 is 0 Å². The Hall–Kier alpha value is -6.27. The molecule has 0 unspecified atom stereocenters. The molecular formula is C39H26N6. The molecule has 0 amide bonds. The Kier molecular flexibility index (Phi) is 5.40. The maximum absolute atomic E-state index is 5.34. The van der Waals surface area contributed by atoms with Gasteiger partial charge in [0.15, 0.2) is 5.65 Å². The molecule has 0 bridgehead atoms. The zero-order valence-electron chi connectivity index (χ0n) is 24.3. The number of hydrogen-bond acceptors (Lipinski definition) is 3. The van der Waals surface area contributed by atoms with Gasteiger partial charge in [0.25, 0.3) is 0 Å². The van der Waals surface area contributed by atoms with Crippen molar-refractivity contribution in [1.29, 1.82) is 0 Å². The van der Waals surface area contributed by atoms with Crippen LogP contribution in [0.3, 0.4) is 0 Å². The molecule has 9 rings (SSSR count). The molecule has 0 aliphatic heterocycles. The number of benzene rings is 5. The van der Waals surface area contributed by atoms with Crippen LogP contribution in [-0.4, -0.2) is 28.5 Å². The lowest BCUT2D eigenvalue weighted by atomic mass is 10.0. The number of imidazole rings is 2. The van der Waals surface area contributed by atoms with Crippen molar-refractivity contribution >= 4 is 61.7 Å². The minimum atomic E-state index is 0.522. The topological polar surface area (TPSA) is 52.9 Å². The highest BCUT2D eigenvalue weighted by molar-refractivity contribution is 6.10. The molecule has 45 heavy (non-hydrogen) atoms. The highest BCUT2D eigenvalue weighted by Crippen LogP contribution is 2.37. The quantitative estimate of drug-likeness (QED) is 0.191. The van der Waals surface area contributed by atoms with Crippen molar-refractivity contribution in [2.75, 3.05) is 0 Å². The Labute approximate surface area is 258 Å². The first-order valence-corrected chi connectivity index (χ1v) is 14.9. The van der Waals surface area contributed by atoms with Crippen molar-refractivity contribution in [2.24, 2.45) is 0 Å². The normalized spacial score (nSPS) is 11.7. The monoisotopic (exact) mass is 578 g/mol. The standard InChI is InChI=1S/C39H26N6/c1-3-31-32(4-2)45(39-42-37-36(44(31)39)29-21-13-14-22-33(29)43(37)27-18-9-6-10-19-27)38-40-34(26-16-7-5-8-17-26)30-24-23-25-15-11-12-20-28(25)35(30)41-38/h3-24H,1-2H2. The fourth-order valence-electron chi connectivity index (χ4n) is 6.69. The number of hydrogen-bond donors (Lipinski definition) is 0. The molecule has 6 heteroatoms. The zero-order chi connectivity index (χ0) is 30.1. The molecule has 4 heterocycles. The summed E-state index contributed by atoms with van der Waals surface area (Å²) in [5.41, 5.74) is 8.43. The maximum atomic E-state index is 5.34. The second-order valence-corrected chi connectivity index (χ2v) is 11.0. The summed E-state index contributed by atoms with van der Waals surface area (Å²) in [6.07, 6.45) is 3.71. The smallest absolute Gasteiger partial charge is 0.238 e. The first-order valence-electron chi connectivity index (χ1n) is 14.9. The third-order valence-corrected chi connectivity index (χ3v) is 8.63. The summed E-state index contributed by atoms with van der Waals surface area (Å²) in [7, 11) is 0. The lowest BCUT2D eigenvalue weighted by Crippen LogP contribution is -2.06. The Morgan fingerprint density at radius 2 is 1.24 bits per heavy atom. The van der Waals surface area contributed by atoms with E-state index < -0.39 is 0 Å². The van der Waals surface area contributed by atoms with E-state index in [-0.39, 0.29) is 0 Å². The molecule has 0 fully saturated rings. The SMILES string of the molecule is C=Cc1c(C=C)n2c3c4ccccc4n(-c4ccccc4)c3nc2n1-c1nc(-c2ccccc2)c2ccc3ccccc3c2n1. The molecule has 0 aliphatic carbocycles. The van der Waals surface area contributed by atoms with E-state index in [1.807, 2.05) is 41.0 Å². The maximum Gasteiger partial charge on any atom is 0.238 e. The average molecular weight is 579 g/mol. The summed E-state index contributed by atoms with van der Waals surface area (Å²) >= 11 is 0. The zero-order valence-corrected chi connectivity index (χ0v) is 24.3. The van der Waals surface area contributed by atoms with E-state index in [2.05, 4.69) is 119 Å². The van der Waals surface area contributed by atoms with Gasteiger partial charge in [-0.2, -0.15) is 4.98 Å². The van der Waals surface area contributed by atoms with Crippen LogP contribution in [0.5, 0.6) is 0 Å². The molecular weight excluding hydrogens is 552 g/mol. The van der Waals surface area contributed by atoms with Crippen molar-refractivity contribution in [1.82, 2.24) is 28.5 Å². The van der Waals surface area contributed by atoms with Gasteiger partial charge in [0.2, 0.25) is 11.7 Å². The largest absolute Gasteiger partial charge is 0.292 e.